The largest absolute Gasteiger partial charge is 0.421 e. The average Bonchev–Trinajstić information content (AvgIpc) is 1.14. The van der Waals surface area contributed by atoms with Crippen molar-refractivity contribution in [3.8, 4) is 0 Å². The number of hydrogen-bond acceptors (Lipinski definition) is 1. The predicted octanol–water partition coefficient (Wildman–Crippen LogP) is 1.47. The Bertz CT molecular complexity index is 81.0. The van der Waals surface area contributed by atoms with E-state index in [1.165, 1.54) is 0 Å². The molecule has 0 fully saturated rings. The highest BCUT2D eigenvalue weighted by Crippen LogP contribution is 1.97. The van der Waals surface area contributed by atoms with E-state index in [4.69, 9.17) is 8.54 Å². The van der Waals surface area contributed by atoms with Crippen molar-refractivity contribution in [2.75, 3.05) is 7.04 Å². The summed E-state index contributed by atoms with van der Waals surface area (Å²) in [6, 6.07) is 0. The number of rotatable bonds is 1. The van der Waals surface area contributed by atoms with Crippen LogP contribution in [0.3, 0.4) is 0 Å². The van der Waals surface area contributed by atoms with Crippen LogP contribution in [0.1, 0.15) is 4.11 Å². The van der Waals surface area contributed by atoms with Crippen molar-refractivity contribution in [3.05, 3.63) is 0 Å². The van der Waals surface area contributed by atoms with Crippen LogP contribution in [0.5, 0.6) is 0 Å². The lowest BCUT2D eigenvalue weighted by atomic mass is 11.8. The van der Waals surface area contributed by atoms with E-state index < -0.39 is 15.4 Å². The summed E-state index contributed by atoms with van der Waals surface area (Å²) in [7, 11) is -4.06. The Morgan fingerprint density at radius 1 is 1.50 bits per heavy atom. The fraction of sp³-hybridized carbons (Fsp3) is 1.00. The Morgan fingerprint density at radius 2 is 2.00 bits per heavy atom. The Balaban J connectivity index is 3.75. The zero-order chi connectivity index (χ0) is 7.71. The summed E-state index contributed by atoms with van der Waals surface area (Å²) in [6.45, 7) is 5.54. The molecule has 0 bridgehead atoms. The highest BCUT2D eigenvalue weighted by molar-refractivity contribution is 6.69. The van der Waals surface area contributed by atoms with Crippen molar-refractivity contribution in [3.63, 3.8) is 0 Å². The van der Waals surface area contributed by atoms with Crippen molar-refractivity contribution in [2.45, 2.75) is 19.6 Å². The molecule has 0 aliphatic rings. The molecule has 0 rings (SSSR count). The van der Waals surface area contributed by atoms with E-state index >= 15 is 0 Å². The lowest BCUT2D eigenvalue weighted by Gasteiger charge is -2.10. The van der Waals surface area contributed by atoms with Crippen molar-refractivity contribution in [1.29, 1.82) is 0 Å². The van der Waals surface area contributed by atoms with E-state index in [1.807, 2.05) is 19.6 Å². The van der Waals surface area contributed by atoms with Crippen LogP contribution in [0.2, 0.25) is 19.6 Å². The van der Waals surface area contributed by atoms with Gasteiger partial charge in [-0.05, 0) is 19.6 Å². The van der Waals surface area contributed by atoms with Gasteiger partial charge in [-0.25, -0.2) is 0 Å². The summed E-state index contributed by atoms with van der Waals surface area (Å²) < 4.78 is 25.0. The summed E-state index contributed by atoms with van der Waals surface area (Å²) in [5.74, 6) is 0. The van der Waals surface area contributed by atoms with Gasteiger partial charge in [-0.15, -0.1) is 0 Å². The zero-order valence-corrected chi connectivity index (χ0v) is 5.41. The van der Waals surface area contributed by atoms with Crippen molar-refractivity contribution < 1.29 is 8.54 Å². The molecule has 38 valence electrons. The maximum absolute atomic E-state index is 6.73. The van der Waals surface area contributed by atoms with Crippen LogP contribution in [-0.4, -0.2) is 15.4 Å². The molecule has 0 aliphatic heterocycles. The van der Waals surface area contributed by atoms with E-state index in [0.717, 1.165) is 0 Å². The van der Waals surface area contributed by atoms with Crippen LogP contribution >= 0.6 is 0 Å². The van der Waals surface area contributed by atoms with Crippen LogP contribution in [0.25, 0.3) is 0 Å². The molecule has 0 aromatic rings. The highest BCUT2D eigenvalue weighted by Gasteiger charge is 2.09. The fourth-order valence-electron chi connectivity index (χ4n) is 0. The van der Waals surface area contributed by atoms with E-state index in [9.17, 15) is 0 Å². The van der Waals surface area contributed by atoms with E-state index in [0.29, 0.717) is 0 Å². The normalized spacial score (nSPS) is 21.5. The van der Waals surface area contributed by atoms with E-state index in [2.05, 4.69) is 0 Å². The predicted molar refractivity (Wildman–Crippen MR) is 30.4 cm³/mol. The van der Waals surface area contributed by atoms with E-state index in [-0.39, 0.29) is 0 Å². The van der Waals surface area contributed by atoms with E-state index in [1.54, 1.807) is 0 Å². The zero-order valence-electron chi connectivity index (χ0n) is 7.41. The minimum absolute atomic E-state index is 1.85. The van der Waals surface area contributed by atoms with Gasteiger partial charge in [-0.3, -0.25) is 0 Å². The van der Waals surface area contributed by atoms with Gasteiger partial charge < -0.3 is 4.43 Å². The molecule has 0 heterocycles. The van der Waals surface area contributed by atoms with Gasteiger partial charge >= 0.3 is 0 Å². The quantitative estimate of drug-likeness (QED) is 0.461. The summed E-state index contributed by atoms with van der Waals surface area (Å²) >= 11 is 0. The van der Waals surface area contributed by atoms with Gasteiger partial charge in [0.1, 0.15) is 0 Å². The Morgan fingerprint density at radius 3 is 2.00 bits per heavy atom. The molecule has 0 spiro atoms. The third-order valence-corrected chi connectivity index (χ3v) is 0.919. The minimum atomic E-state index is -2.20. The SMILES string of the molecule is [2H]C([2H])([2H])O[Si](C)(C)C. The minimum Gasteiger partial charge on any atom is -0.421 e. The topological polar surface area (TPSA) is 9.23 Å². The molecule has 0 radical (unpaired) electrons. The first-order chi connectivity index (χ1) is 3.71. The standard InChI is InChI=1S/C4H12OSi/c1-5-6(2,3)4/h1-4H3/i1D3. The average molecular weight is 107 g/mol. The Labute approximate surface area is 44.7 Å². The third kappa shape index (κ3) is 4.18. The maximum atomic E-state index is 6.73. The molecule has 0 unspecified atom stereocenters. The molecule has 0 atom stereocenters. The first-order valence-corrected chi connectivity index (χ1v) is 5.32. The van der Waals surface area contributed by atoms with Gasteiger partial charge in [0.15, 0.2) is 8.32 Å². The highest BCUT2D eigenvalue weighted by atomic mass is 28.4. The van der Waals surface area contributed by atoms with Gasteiger partial charge in [0.25, 0.3) is 0 Å². The van der Waals surface area contributed by atoms with Crippen LogP contribution in [0, 0.1) is 0 Å². The third-order valence-electron chi connectivity index (χ3n) is 0.306. The monoisotopic (exact) mass is 107 g/mol. The molecule has 0 saturated carbocycles. The first kappa shape index (κ1) is 2.48. The van der Waals surface area contributed by atoms with Crippen molar-refractivity contribution >= 4 is 8.32 Å². The number of hydrogen-bond donors (Lipinski definition) is 0. The van der Waals surface area contributed by atoms with Gasteiger partial charge in [0.05, 0.1) is 4.11 Å². The molecule has 6 heavy (non-hydrogen) atoms. The van der Waals surface area contributed by atoms with Crippen LogP contribution in [0.15, 0.2) is 0 Å². The first-order valence-electron chi connectivity index (χ1n) is 3.41. The molecule has 0 aliphatic carbocycles. The molecule has 0 N–H and O–H groups in total. The van der Waals surface area contributed by atoms with Gasteiger partial charge in [0, 0.05) is 7.04 Å². The second-order valence-electron chi connectivity index (χ2n) is 2.21. The molecular formula is C4H12OSi. The van der Waals surface area contributed by atoms with Gasteiger partial charge in [0.2, 0.25) is 0 Å². The molecule has 1 nitrogen and oxygen atoms in total. The summed E-state index contributed by atoms with van der Waals surface area (Å²) in [5, 5.41) is 0. The molecule has 0 amide bonds. The van der Waals surface area contributed by atoms with Crippen molar-refractivity contribution in [1.82, 2.24) is 0 Å². The van der Waals surface area contributed by atoms with Gasteiger partial charge in [-0.1, -0.05) is 0 Å². The second kappa shape index (κ2) is 1.75. The molecular weight excluding hydrogens is 92.1 g/mol. The smallest absolute Gasteiger partial charge is 0.183 e. The van der Waals surface area contributed by atoms with Crippen LogP contribution in [-0.2, 0) is 4.43 Å². The Kier molecular flexibility index (Phi) is 0.724. The Hall–Kier alpha value is 0.177. The fourth-order valence-corrected chi connectivity index (χ4v) is 0. The molecule has 0 saturated heterocycles. The summed E-state index contributed by atoms with van der Waals surface area (Å²) in [5.41, 5.74) is 0. The van der Waals surface area contributed by atoms with Crippen LogP contribution in [0.4, 0.5) is 0 Å². The molecule has 2 heteroatoms. The lowest BCUT2D eigenvalue weighted by Crippen LogP contribution is -2.22. The van der Waals surface area contributed by atoms with Crippen LogP contribution < -0.4 is 0 Å². The van der Waals surface area contributed by atoms with Gasteiger partial charge in [-0.2, -0.15) is 0 Å². The molecule has 0 aromatic carbocycles. The maximum Gasteiger partial charge on any atom is 0.183 e. The lowest BCUT2D eigenvalue weighted by molar-refractivity contribution is 0.411. The summed E-state index contributed by atoms with van der Waals surface area (Å²) in [4.78, 5) is 0. The summed E-state index contributed by atoms with van der Waals surface area (Å²) in [6.07, 6.45) is 0. The van der Waals surface area contributed by atoms with Crippen molar-refractivity contribution in [2.24, 2.45) is 0 Å². The second-order valence-corrected chi connectivity index (χ2v) is 6.64. The molecule has 0 aromatic heterocycles.